The number of hydrogen-bond donors (Lipinski definition) is 1. The van der Waals surface area contributed by atoms with Crippen LogP contribution in [0.2, 0.25) is 0 Å². The van der Waals surface area contributed by atoms with E-state index >= 15 is 0 Å². The fourth-order valence-electron chi connectivity index (χ4n) is 2.86. The summed E-state index contributed by atoms with van der Waals surface area (Å²) in [5, 5.41) is 8.87. The Kier molecular flexibility index (Phi) is 3.99. The van der Waals surface area contributed by atoms with Gasteiger partial charge in [-0.25, -0.2) is 0 Å². The SMILES string of the molecule is O=C(O)CC1COCC(=O)N1C1CCCCC1. The molecule has 1 amide bonds. The van der Waals surface area contributed by atoms with Crippen LogP contribution < -0.4 is 0 Å². The van der Waals surface area contributed by atoms with E-state index in [-0.39, 0.29) is 31.0 Å². The number of amides is 1. The van der Waals surface area contributed by atoms with E-state index in [1.165, 1.54) is 6.42 Å². The Morgan fingerprint density at radius 2 is 2.06 bits per heavy atom. The van der Waals surface area contributed by atoms with Gasteiger partial charge >= 0.3 is 5.97 Å². The third-order valence-corrected chi connectivity index (χ3v) is 3.60. The molecular weight excluding hydrogens is 222 g/mol. The lowest BCUT2D eigenvalue weighted by Crippen LogP contribution is -2.55. The number of morpholine rings is 1. The molecule has 1 aliphatic carbocycles. The number of hydrogen-bond acceptors (Lipinski definition) is 3. The molecule has 1 aliphatic heterocycles. The predicted octanol–water partition coefficient (Wildman–Crippen LogP) is 1.02. The molecule has 0 aromatic carbocycles. The van der Waals surface area contributed by atoms with Gasteiger partial charge in [0.1, 0.15) is 6.61 Å². The van der Waals surface area contributed by atoms with Crippen LogP contribution in [0.15, 0.2) is 0 Å². The molecule has 1 unspecified atom stereocenters. The summed E-state index contributed by atoms with van der Waals surface area (Å²) in [7, 11) is 0. The molecule has 0 aromatic rings. The monoisotopic (exact) mass is 241 g/mol. The van der Waals surface area contributed by atoms with E-state index < -0.39 is 5.97 Å². The van der Waals surface area contributed by atoms with Crippen molar-refractivity contribution in [2.45, 2.75) is 50.6 Å². The smallest absolute Gasteiger partial charge is 0.305 e. The molecule has 0 aromatic heterocycles. The molecule has 0 radical (unpaired) electrons. The van der Waals surface area contributed by atoms with Gasteiger partial charge in [-0.1, -0.05) is 19.3 Å². The predicted molar refractivity (Wildman–Crippen MR) is 60.6 cm³/mol. The number of carbonyl (C=O) groups is 2. The normalized spacial score (nSPS) is 27.2. The zero-order valence-electron chi connectivity index (χ0n) is 9.93. The van der Waals surface area contributed by atoms with Crippen LogP contribution in [-0.2, 0) is 14.3 Å². The molecule has 17 heavy (non-hydrogen) atoms. The van der Waals surface area contributed by atoms with Gasteiger partial charge in [0.15, 0.2) is 0 Å². The largest absolute Gasteiger partial charge is 0.481 e. The summed E-state index contributed by atoms with van der Waals surface area (Å²) in [5.74, 6) is -0.913. The van der Waals surface area contributed by atoms with E-state index in [1.807, 2.05) is 0 Å². The van der Waals surface area contributed by atoms with Gasteiger partial charge in [-0.3, -0.25) is 9.59 Å². The molecule has 1 saturated carbocycles. The summed E-state index contributed by atoms with van der Waals surface area (Å²) >= 11 is 0. The average Bonchev–Trinajstić information content (AvgIpc) is 2.29. The second kappa shape index (κ2) is 5.49. The van der Waals surface area contributed by atoms with Crippen molar-refractivity contribution in [3.8, 4) is 0 Å². The maximum Gasteiger partial charge on any atom is 0.305 e. The van der Waals surface area contributed by atoms with Crippen LogP contribution in [0, 0.1) is 0 Å². The molecule has 96 valence electrons. The summed E-state index contributed by atoms with van der Waals surface area (Å²) < 4.78 is 5.16. The minimum absolute atomic E-state index is 0.0117. The maximum atomic E-state index is 11.9. The molecule has 1 saturated heterocycles. The molecule has 2 fully saturated rings. The lowest BCUT2D eigenvalue weighted by molar-refractivity contribution is -0.156. The molecule has 5 nitrogen and oxygen atoms in total. The van der Waals surface area contributed by atoms with Crippen LogP contribution >= 0.6 is 0 Å². The molecule has 0 spiro atoms. The molecule has 5 heteroatoms. The summed E-state index contributed by atoms with van der Waals surface area (Å²) in [6, 6.07) is -0.0543. The topological polar surface area (TPSA) is 66.8 Å². The van der Waals surface area contributed by atoms with E-state index in [9.17, 15) is 9.59 Å². The zero-order chi connectivity index (χ0) is 12.3. The zero-order valence-corrected chi connectivity index (χ0v) is 9.93. The summed E-state index contributed by atoms with van der Waals surface area (Å²) in [4.78, 5) is 24.5. The molecule has 2 aliphatic rings. The van der Waals surface area contributed by atoms with Crippen LogP contribution in [-0.4, -0.2) is 47.2 Å². The first-order valence-electron chi connectivity index (χ1n) is 6.29. The maximum absolute atomic E-state index is 11.9. The van der Waals surface area contributed by atoms with E-state index in [4.69, 9.17) is 9.84 Å². The highest BCUT2D eigenvalue weighted by atomic mass is 16.5. The van der Waals surface area contributed by atoms with Gasteiger partial charge in [0, 0.05) is 6.04 Å². The molecule has 1 heterocycles. The Balaban J connectivity index is 2.06. The van der Waals surface area contributed by atoms with E-state index in [1.54, 1.807) is 4.90 Å². The van der Waals surface area contributed by atoms with Gasteiger partial charge in [-0.15, -0.1) is 0 Å². The van der Waals surface area contributed by atoms with Crippen molar-refractivity contribution in [3.63, 3.8) is 0 Å². The minimum atomic E-state index is -0.867. The summed E-state index contributed by atoms with van der Waals surface area (Å²) in [6.45, 7) is 0.459. The van der Waals surface area contributed by atoms with Crippen molar-refractivity contribution >= 4 is 11.9 Å². The second-order valence-corrected chi connectivity index (χ2v) is 4.86. The number of rotatable bonds is 3. The number of nitrogens with zero attached hydrogens (tertiary/aromatic N) is 1. The second-order valence-electron chi connectivity index (χ2n) is 4.86. The van der Waals surface area contributed by atoms with E-state index in [0.717, 1.165) is 25.7 Å². The van der Waals surface area contributed by atoms with Crippen LogP contribution in [0.1, 0.15) is 38.5 Å². The third-order valence-electron chi connectivity index (χ3n) is 3.60. The summed E-state index contributed by atoms with van der Waals surface area (Å²) in [5.41, 5.74) is 0. The number of aliphatic carboxylic acids is 1. The van der Waals surface area contributed by atoms with Crippen LogP contribution in [0.3, 0.4) is 0 Å². The molecule has 0 bridgehead atoms. The lowest BCUT2D eigenvalue weighted by atomic mass is 9.92. The molecule has 2 rings (SSSR count). The highest BCUT2D eigenvalue weighted by molar-refractivity contribution is 5.80. The lowest BCUT2D eigenvalue weighted by Gasteiger charge is -2.42. The van der Waals surface area contributed by atoms with Crippen molar-refractivity contribution in [1.82, 2.24) is 4.90 Å². The fourth-order valence-corrected chi connectivity index (χ4v) is 2.86. The van der Waals surface area contributed by atoms with Gasteiger partial charge in [0.25, 0.3) is 0 Å². The van der Waals surface area contributed by atoms with Crippen molar-refractivity contribution in [2.24, 2.45) is 0 Å². The van der Waals surface area contributed by atoms with Crippen molar-refractivity contribution in [1.29, 1.82) is 0 Å². The van der Waals surface area contributed by atoms with E-state index in [0.29, 0.717) is 6.61 Å². The Bertz CT molecular complexity index is 299. The van der Waals surface area contributed by atoms with Gasteiger partial charge in [-0.2, -0.15) is 0 Å². The standard InChI is InChI=1S/C12H19NO4/c14-11-8-17-7-10(6-12(15)16)13(11)9-4-2-1-3-5-9/h9-10H,1-8H2,(H,15,16). The Hall–Kier alpha value is -1.10. The first-order valence-corrected chi connectivity index (χ1v) is 6.29. The molecule has 1 N–H and O–H groups in total. The first kappa shape index (κ1) is 12.4. The Labute approximate surface area is 101 Å². The van der Waals surface area contributed by atoms with Gasteiger partial charge < -0.3 is 14.7 Å². The van der Waals surface area contributed by atoms with Crippen LogP contribution in [0.5, 0.6) is 0 Å². The average molecular weight is 241 g/mol. The number of carboxylic acids is 1. The summed E-state index contributed by atoms with van der Waals surface area (Å²) in [6.07, 6.45) is 5.48. The first-order chi connectivity index (χ1) is 8.18. The highest BCUT2D eigenvalue weighted by Gasteiger charge is 2.35. The number of ether oxygens (including phenoxy) is 1. The van der Waals surface area contributed by atoms with Crippen LogP contribution in [0.25, 0.3) is 0 Å². The molecule has 1 atom stereocenters. The quantitative estimate of drug-likeness (QED) is 0.801. The fraction of sp³-hybridized carbons (Fsp3) is 0.833. The minimum Gasteiger partial charge on any atom is -0.481 e. The van der Waals surface area contributed by atoms with Crippen LogP contribution in [0.4, 0.5) is 0 Å². The Morgan fingerprint density at radius 3 is 2.71 bits per heavy atom. The Morgan fingerprint density at radius 1 is 1.35 bits per heavy atom. The number of carboxylic acid groups (broad SMARTS) is 1. The van der Waals surface area contributed by atoms with Gasteiger partial charge in [0.2, 0.25) is 5.91 Å². The third kappa shape index (κ3) is 2.97. The highest BCUT2D eigenvalue weighted by Crippen LogP contribution is 2.26. The van der Waals surface area contributed by atoms with Crippen molar-refractivity contribution < 1.29 is 19.4 Å². The number of carbonyl (C=O) groups excluding carboxylic acids is 1. The van der Waals surface area contributed by atoms with E-state index in [2.05, 4.69) is 0 Å². The van der Waals surface area contributed by atoms with Crippen molar-refractivity contribution in [2.75, 3.05) is 13.2 Å². The van der Waals surface area contributed by atoms with Gasteiger partial charge in [-0.05, 0) is 12.8 Å². The molecular formula is C12H19NO4. The van der Waals surface area contributed by atoms with Crippen molar-refractivity contribution in [3.05, 3.63) is 0 Å². The van der Waals surface area contributed by atoms with Gasteiger partial charge in [0.05, 0.1) is 19.1 Å².